The van der Waals surface area contributed by atoms with E-state index < -0.39 is 18.1 Å². The normalized spacial score (nSPS) is 22.8. The summed E-state index contributed by atoms with van der Waals surface area (Å²) in [5.41, 5.74) is 1.08. The van der Waals surface area contributed by atoms with Gasteiger partial charge in [0.05, 0.1) is 23.6 Å². The van der Waals surface area contributed by atoms with Crippen LogP contribution in [0.5, 0.6) is 5.75 Å². The molecule has 1 saturated carbocycles. The number of methoxy groups -OCH3 is 1. The lowest BCUT2D eigenvalue weighted by atomic mass is 9.81. The number of benzene rings is 1. The Hall–Kier alpha value is -1.57. The molecule has 0 amide bonds. The molecule has 1 aromatic heterocycles. The molecule has 2 aromatic rings. The summed E-state index contributed by atoms with van der Waals surface area (Å²) in [5, 5.41) is 11.6. The van der Waals surface area contributed by atoms with E-state index in [2.05, 4.69) is 21.6 Å². The number of rotatable bonds is 10. The highest BCUT2D eigenvalue weighted by Crippen LogP contribution is 2.39. The number of aliphatic carboxylic acids is 1. The summed E-state index contributed by atoms with van der Waals surface area (Å²) < 4.78 is 20.9. The van der Waals surface area contributed by atoms with E-state index in [1.807, 2.05) is 0 Å². The van der Waals surface area contributed by atoms with Gasteiger partial charge in [-0.1, -0.05) is 30.9 Å². The maximum atomic E-state index is 15.6. The van der Waals surface area contributed by atoms with Crippen molar-refractivity contribution in [3.05, 3.63) is 35.0 Å². The van der Waals surface area contributed by atoms with Gasteiger partial charge in [-0.2, -0.15) is 11.8 Å². The van der Waals surface area contributed by atoms with Crippen molar-refractivity contribution in [3.63, 3.8) is 0 Å². The van der Waals surface area contributed by atoms with Crippen molar-refractivity contribution in [3.8, 4) is 5.75 Å². The van der Waals surface area contributed by atoms with E-state index >= 15 is 4.39 Å². The molecule has 2 aliphatic rings. The third-order valence-electron chi connectivity index (χ3n) is 7.64. The van der Waals surface area contributed by atoms with Crippen molar-refractivity contribution < 1.29 is 19.0 Å². The fraction of sp³-hybridized carbons (Fsp3) is 0.630. The van der Waals surface area contributed by atoms with Gasteiger partial charge in [0.1, 0.15) is 11.9 Å². The number of ether oxygens (including phenoxy) is 1. The van der Waals surface area contributed by atoms with Crippen LogP contribution in [0, 0.1) is 11.8 Å². The molecule has 0 spiro atoms. The second-order valence-electron chi connectivity index (χ2n) is 9.87. The Morgan fingerprint density at radius 3 is 2.86 bits per heavy atom. The van der Waals surface area contributed by atoms with Crippen LogP contribution in [-0.2, 0) is 4.79 Å². The van der Waals surface area contributed by atoms with Crippen molar-refractivity contribution in [1.82, 2.24) is 9.88 Å². The van der Waals surface area contributed by atoms with Crippen LogP contribution in [-0.4, -0.2) is 58.7 Å². The maximum Gasteiger partial charge on any atom is 0.308 e. The van der Waals surface area contributed by atoms with Crippen LogP contribution in [0.15, 0.2) is 24.4 Å². The maximum absolute atomic E-state index is 15.6. The third-order valence-corrected chi connectivity index (χ3v) is 9.31. The fourth-order valence-corrected chi connectivity index (χ4v) is 7.23. The summed E-state index contributed by atoms with van der Waals surface area (Å²) in [6.07, 6.45) is 8.42. The van der Waals surface area contributed by atoms with Gasteiger partial charge in [-0.05, 0) is 62.8 Å². The topological polar surface area (TPSA) is 62.7 Å². The standard InChI is InChI=1S/C27H36ClFN2O3S/c1-34-19-8-10-25-21(15-19)26(23(28)16-30-25)24(29)9-7-18-11-12-31(17-22(18)27(32)33)13-14-35-20-5-3-2-4-6-20/h8,10,15-16,18,20,22,24H,2-7,9,11-14,17H2,1H3,(H,32,33). The number of halogens is 2. The van der Waals surface area contributed by atoms with Crippen molar-refractivity contribution in [2.24, 2.45) is 11.8 Å². The average Bonchev–Trinajstić information content (AvgIpc) is 2.87. The van der Waals surface area contributed by atoms with Gasteiger partial charge in [-0.15, -0.1) is 0 Å². The van der Waals surface area contributed by atoms with E-state index in [4.69, 9.17) is 16.3 Å². The summed E-state index contributed by atoms with van der Waals surface area (Å²) in [6, 6.07) is 5.35. The van der Waals surface area contributed by atoms with Crippen LogP contribution in [0.1, 0.15) is 63.1 Å². The van der Waals surface area contributed by atoms with Crippen LogP contribution in [0.25, 0.3) is 10.9 Å². The minimum atomic E-state index is -1.29. The Balaban J connectivity index is 1.34. The lowest BCUT2D eigenvalue weighted by molar-refractivity contribution is -0.146. The number of hydrogen-bond donors (Lipinski definition) is 1. The van der Waals surface area contributed by atoms with Crippen LogP contribution in [0.3, 0.4) is 0 Å². The lowest BCUT2D eigenvalue weighted by Crippen LogP contribution is -2.44. The predicted octanol–water partition coefficient (Wildman–Crippen LogP) is 6.78. The Bertz CT molecular complexity index is 1000. The first-order chi connectivity index (χ1) is 17.0. The number of carbonyl (C=O) groups is 1. The Kier molecular flexibility index (Phi) is 9.53. The Morgan fingerprint density at radius 1 is 1.31 bits per heavy atom. The van der Waals surface area contributed by atoms with E-state index in [9.17, 15) is 9.90 Å². The van der Waals surface area contributed by atoms with Crippen LogP contribution in [0.2, 0.25) is 5.02 Å². The Morgan fingerprint density at radius 2 is 2.11 bits per heavy atom. The molecule has 5 nitrogen and oxygen atoms in total. The van der Waals surface area contributed by atoms with Crippen molar-refractivity contribution in [1.29, 1.82) is 0 Å². The SMILES string of the molecule is COc1ccc2ncc(Cl)c(C(F)CCC3CCN(CCSC4CCCCC4)CC3C(=O)O)c2c1. The number of hydrogen-bond acceptors (Lipinski definition) is 5. The zero-order chi connectivity index (χ0) is 24.8. The van der Waals surface area contributed by atoms with E-state index in [1.54, 1.807) is 25.3 Å². The summed E-state index contributed by atoms with van der Waals surface area (Å²) in [5.74, 6) is 0.419. The molecule has 1 N–H and O–H groups in total. The average molecular weight is 523 g/mol. The van der Waals surface area contributed by atoms with Crippen LogP contribution >= 0.6 is 23.4 Å². The lowest BCUT2D eigenvalue weighted by Gasteiger charge is -2.37. The molecule has 2 heterocycles. The van der Waals surface area contributed by atoms with Gasteiger partial charge in [0, 0.05) is 41.2 Å². The fourth-order valence-electron chi connectivity index (χ4n) is 5.59. The van der Waals surface area contributed by atoms with Crippen LogP contribution < -0.4 is 4.74 Å². The number of piperidine rings is 1. The predicted molar refractivity (Wildman–Crippen MR) is 141 cm³/mol. The van der Waals surface area contributed by atoms with Gasteiger partial charge < -0.3 is 14.7 Å². The first-order valence-corrected chi connectivity index (χ1v) is 14.2. The molecule has 1 aliphatic heterocycles. The molecule has 8 heteroatoms. The third kappa shape index (κ3) is 6.80. The minimum Gasteiger partial charge on any atom is -0.497 e. The highest BCUT2D eigenvalue weighted by atomic mass is 35.5. The summed E-state index contributed by atoms with van der Waals surface area (Å²) >= 11 is 8.42. The monoisotopic (exact) mass is 522 g/mol. The highest BCUT2D eigenvalue weighted by molar-refractivity contribution is 7.99. The summed E-state index contributed by atoms with van der Waals surface area (Å²) in [6.45, 7) is 2.37. The molecule has 1 aliphatic carbocycles. The largest absolute Gasteiger partial charge is 0.497 e. The molecule has 3 atom stereocenters. The number of carboxylic acids is 1. The zero-order valence-corrected chi connectivity index (χ0v) is 22.0. The summed E-state index contributed by atoms with van der Waals surface area (Å²) in [4.78, 5) is 18.7. The first-order valence-electron chi connectivity index (χ1n) is 12.8. The number of thioether (sulfide) groups is 1. The number of carboxylic acid groups (broad SMARTS) is 1. The number of nitrogens with zero attached hydrogens (tertiary/aromatic N) is 2. The minimum absolute atomic E-state index is 0.0330. The van der Waals surface area contributed by atoms with Gasteiger partial charge in [0.2, 0.25) is 0 Å². The number of pyridine rings is 1. The molecule has 2 fully saturated rings. The molecular weight excluding hydrogens is 487 g/mol. The van der Waals surface area contributed by atoms with Gasteiger partial charge in [0.25, 0.3) is 0 Å². The van der Waals surface area contributed by atoms with Crippen molar-refractivity contribution in [2.75, 3.05) is 32.5 Å². The number of alkyl halides is 1. The van der Waals surface area contributed by atoms with Gasteiger partial charge >= 0.3 is 5.97 Å². The Labute approximate surface area is 216 Å². The first kappa shape index (κ1) is 26.5. The molecule has 0 bridgehead atoms. The second-order valence-corrected chi connectivity index (χ2v) is 11.7. The van der Waals surface area contributed by atoms with E-state index in [1.165, 1.54) is 38.3 Å². The van der Waals surface area contributed by atoms with Crippen LogP contribution in [0.4, 0.5) is 4.39 Å². The molecule has 192 valence electrons. The molecule has 0 radical (unpaired) electrons. The summed E-state index contributed by atoms with van der Waals surface area (Å²) in [7, 11) is 1.57. The molecule has 1 saturated heterocycles. The van der Waals surface area contributed by atoms with E-state index in [0.717, 1.165) is 30.5 Å². The molecule has 35 heavy (non-hydrogen) atoms. The molecular formula is C27H36ClFN2O3S. The number of fused-ring (bicyclic) bond motifs is 1. The van der Waals surface area contributed by atoms with E-state index in [0.29, 0.717) is 40.2 Å². The van der Waals surface area contributed by atoms with E-state index in [-0.39, 0.29) is 12.3 Å². The molecule has 3 unspecified atom stereocenters. The second kappa shape index (κ2) is 12.6. The van der Waals surface area contributed by atoms with Gasteiger partial charge in [-0.3, -0.25) is 9.78 Å². The van der Waals surface area contributed by atoms with Crippen molar-refractivity contribution >= 4 is 40.2 Å². The highest BCUT2D eigenvalue weighted by Gasteiger charge is 2.34. The van der Waals surface area contributed by atoms with Gasteiger partial charge in [-0.25, -0.2) is 4.39 Å². The van der Waals surface area contributed by atoms with Gasteiger partial charge in [0.15, 0.2) is 0 Å². The zero-order valence-electron chi connectivity index (χ0n) is 20.4. The van der Waals surface area contributed by atoms with Crippen molar-refractivity contribution in [2.45, 2.75) is 62.8 Å². The molecule has 4 rings (SSSR count). The quantitative estimate of drug-likeness (QED) is 0.371. The number of likely N-dealkylation sites (tertiary alicyclic amines) is 1. The smallest absolute Gasteiger partial charge is 0.308 e. The molecule has 1 aromatic carbocycles. The number of aromatic nitrogens is 1.